The van der Waals surface area contributed by atoms with Crippen LogP contribution < -0.4 is 68.9 Å². The van der Waals surface area contributed by atoms with Gasteiger partial charge in [-0.1, -0.05) is 68.3 Å². The third-order valence-corrected chi connectivity index (χ3v) is 7.46. The third-order valence-electron chi connectivity index (χ3n) is 3.78. The Morgan fingerprint density at radius 1 is 0.889 bits per heavy atom. The SMILES string of the molecule is O=C(c1ccccc1)C(CC(P(=O)([O-])[O-])P(=O)(O)O)c1ccccc1.[Na+].[Na+]. The molecule has 0 radical (unpaired) electrons. The predicted octanol–water partition coefficient (Wildman–Crippen LogP) is -4.53. The number of carbonyl (C=O) groups is 1. The van der Waals surface area contributed by atoms with E-state index in [0.717, 1.165) is 0 Å². The van der Waals surface area contributed by atoms with Gasteiger partial charge in [0, 0.05) is 11.5 Å². The summed E-state index contributed by atoms with van der Waals surface area (Å²) in [4.78, 5) is 54.1. The molecule has 7 nitrogen and oxygen atoms in total. The van der Waals surface area contributed by atoms with E-state index >= 15 is 0 Å². The van der Waals surface area contributed by atoms with E-state index in [2.05, 4.69) is 0 Å². The topological polar surface area (TPSA) is 138 Å². The van der Waals surface area contributed by atoms with E-state index < -0.39 is 38.7 Å². The molecule has 2 rings (SSSR count). The molecule has 0 spiro atoms. The summed E-state index contributed by atoms with van der Waals surface area (Å²) in [7, 11) is -10.9. The van der Waals surface area contributed by atoms with E-state index in [0.29, 0.717) is 5.56 Å². The Bertz CT molecular complexity index is 799. The number of carbonyl (C=O) groups excluding carboxylic acids is 1. The van der Waals surface area contributed by atoms with Crippen LogP contribution in [0.15, 0.2) is 60.7 Å². The Morgan fingerprint density at radius 3 is 1.74 bits per heavy atom. The predicted molar refractivity (Wildman–Crippen MR) is 88.0 cm³/mol. The number of hydrogen-bond donors (Lipinski definition) is 2. The molecule has 0 aliphatic heterocycles. The maximum Gasteiger partial charge on any atom is 1.00 e. The van der Waals surface area contributed by atoms with Crippen molar-refractivity contribution >= 4 is 21.0 Å². The zero-order valence-corrected chi connectivity index (χ0v) is 20.8. The maximum absolute atomic E-state index is 12.8. The van der Waals surface area contributed by atoms with Crippen molar-refractivity contribution in [3.63, 3.8) is 0 Å². The molecule has 0 amide bonds. The summed E-state index contributed by atoms with van der Waals surface area (Å²) in [6, 6.07) is 15.9. The number of benzene rings is 2. The molecule has 0 saturated heterocycles. The zero-order valence-electron chi connectivity index (χ0n) is 15.0. The summed E-state index contributed by atoms with van der Waals surface area (Å²) in [5, 5.41) is -2.46. The van der Waals surface area contributed by atoms with Crippen LogP contribution in [0.2, 0.25) is 0 Å². The van der Waals surface area contributed by atoms with E-state index in [9.17, 15) is 33.5 Å². The molecule has 0 aliphatic rings. The van der Waals surface area contributed by atoms with Crippen molar-refractivity contribution < 1.29 is 92.6 Å². The molecule has 2 aromatic rings. The minimum atomic E-state index is -5.62. The molecule has 2 aromatic carbocycles. The minimum absolute atomic E-state index is 0. The van der Waals surface area contributed by atoms with Crippen molar-refractivity contribution in [2.45, 2.75) is 17.7 Å². The van der Waals surface area contributed by atoms with Gasteiger partial charge in [-0.15, -0.1) is 0 Å². The van der Waals surface area contributed by atoms with Crippen LogP contribution in [-0.2, 0) is 9.13 Å². The maximum atomic E-state index is 12.8. The van der Waals surface area contributed by atoms with Crippen molar-refractivity contribution in [1.82, 2.24) is 0 Å². The largest absolute Gasteiger partial charge is 1.00 e. The Hall–Kier alpha value is 0.410. The molecule has 0 aromatic heterocycles. The number of Topliss-reactive ketones (excluding diaryl/α,β-unsaturated/α-hetero) is 1. The van der Waals surface area contributed by atoms with Crippen LogP contribution in [-0.4, -0.2) is 21.0 Å². The summed E-state index contributed by atoms with van der Waals surface area (Å²) in [6.45, 7) is 0. The van der Waals surface area contributed by atoms with Gasteiger partial charge in [-0.2, -0.15) is 0 Å². The Morgan fingerprint density at radius 2 is 1.33 bits per heavy atom. The second-order valence-electron chi connectivity index (χ2n) is 5.54. The molecule has 2 N–H and O–H groups in total. The molecular weight excluding hydrogens is 412 g/mol. The molecule has 11 heteroatoms. The minimum Gasteiger partial charge on any atom is -0.810 e. The van der Waals surface area contributed by atoms with E-state index in [1.54, 1.807) is 48.5 Å². The summed E-state index contributed by atoms with van der Waals surface area (Å²) in [6.07, 6.45) is -0.785. The summed E-state index contributed by atoms with van der Waals surface area (Å²) in [5.74, 6) is -1.68. The monoisotopic (exact) mass is 428 g/mol. The van der Waals surface area contributed by atoms with E-state index in [4.69, 9.17) is 0 Å². The quantitative estimate of drug-likeness (QED) is 0.258. The normalized spacial score (nSPS) is 13.6. The average molecular weight is 428 g/mol. The Balaban J connectivity index is 0.00000338. The van der Waals surface area contributed by atoms with Crippen LogP contribution in [0, 0.1) is 0 Å². The van der Waals surface area contributed by atoms with Gasteiger partial charge in [0.15, 0.2) is 5.78 Å². The molecule has 0 bridgehead atoms. The van der Waals surface area contributed by atoms with Gasteiger partial charge in [-0.3, -0.25) is 9.36 Å². The van der Waals surface area contributed by atoms with Crippen LogP contribution in [0.4, 0.5) is 0 Å². The van der Waals surface area contributed by atoms with E-state index in [1.165, 1.54) is 12.1 Å². The molecule has 0 saturated carbocycles. The average Bonchev–Trinajstić information content (AvgIpc) is 2.54. The fourth-order valence-corrected chi connectivity index (χ4v) is 4.97. The summed E-state index contributed by atoms with van der Waals surface area (Å²) >= 11 is 0. The summed E-state index contributed by atoms with van der Waals surface area (Å²) < 4.78 is 22.9. The molecule has 2 unspecified atom stereocenters. The number of hydrogen-bond acceptors (Lipinski definition) is 5. The molecule has 0 aliphatic carbocycles. The first-order valence-corrected chi connectivity index (χ1v) is 10.6. The number of ketones is 1. The van der Waals surface area contributed by atoms with Crippen LogP contribution in [0.1, 0.15) is 28.3 Å². The van der Waals surface area contributed by atoms with Crippen molar-refractivity contribution in [3.8, 4) is 0 Å². The van der Waals surface area contributed by atoms with Gasteiger partial charge in [0.25, 0.3) is 0 Å². The number of rotatable bonds is 7. The van der Waals surface area contributed by atoms with Gasteiger partial charge < -0.3 is 24.1 Å². The first-order valence-electron chi connectivity index (χ1n) is 7.32. The van der Waals surface area contributed by atoms with Crippen molar-refractivity contribution in [3.05, 3.63) is 71.8 Å². The first kappa shape index (κ1) is 27.4. The second-order valence-corrected chi connectivity index (χ2v) is 9.45. The molecule has 27 heavy (non-hydrogen) atoms. The Labute approximate surface area is 201 Å². The molecule has 0 heterocycles. The van der Waals surface area contributed by atoms with E-state index in [-0.39, 0.29) is 64.7 Å². The standard InChI is InChI=1S/C16H18O7P2.2Na/c17-16(13-9-5-2-6-10-13)14(12-7-3-1-4-8-12)11-15(24(18,19)20)25(21,22)23;;/h1-10,14-15H,11H2,(H2,18,19,20)(H2,21,22,23);;/q;2*+1/p-2. The molecular formula is C16H16Na2O7P2. The third kappa shape index (κ3) is 7.98. The van der Waals surface area contributed by atoms with Crippen LogP contribution in [0.25, 0.3) is 0 Å². The first-order chi connectivity index (χ1) is 11.6. The van der Waals surface area contributed by atoms with Gasteiger partial charge in [0.2, 0.25) is 0 Å². The van der Waals surface area contributed by atoms with Gasteiger partial charge in [0.1, 0.15) is 0 Å². The van der Waals surface area contributed by atoms with E-state index in [1.807, 2.05) is 0 Å². The van der Waals surface area contributed by atoms with Crippen LogP contribution in [0.3, 0.4) is 0 Å². The molecule has 0 fully saturated rings. The van der Waals surface area contributed by atoms with Gasteiger partial charge in [-0.25, -0.2) is 0 Å². The van der Waals surface area contributed by atoms with Crippen LogP contribution in [0.5, 0.6) is 0 Å². The summed E-state index contributed by atoms with van der Waals surface area (Å²) in [5.41, 5.74) is 0.635. The van der Waals surface area contributed by atoms with Crippen molar-refractivity contribution in [2.75, 3.05) is 0 Å². The Kier molecular flexibility index (Phi) is 11.7. The fourth-order valence-electron chi connectivity index (χ4n) is 2.54. The van der Waals surface area contributed by atoms with Crippen molar-refractivity contribution in [2.24, 2.45) is 0 Å². The van der Waals surface area contributed by atoms with Gasteiger partial charge >= 0.3 is 66.7 Å². The van der Waals surface area contributed by atoms with Crippen LogP contribution >= 0.6 is 15.2 Å². The molecule has 134 valence electrons. The molecule has 2 atom stereocenters. The fraction of sp³-hybridized carbons (Fsp3) is 0.188. The smallest absolute Gasteiger partial charge is 0.810 e. The second kappa shape index (κ2) is 11.6. The van der Waals surface area contributed by atoms with Gasteiger partial charge in [0.05, 0.1) is 5.40 Å². The van der Waals surface area contributed by atoms with Gasteiger partial charge in [-0.05, 0) is 12.0 Å². The van der Waals surface area contributed by atoms with Crippen molar-refractivity contribution in [1.29, 1.82) is 0 Å². The zero-order chi connectivity index (χ0) is 18.7.